The van der Waals surface area contributed by atoms with Gasteiger partial charge in [0.15, 0.2) is 0 Å². The van der Waals surface area contributed by atoms with Gasteiger partial charge in [0.1, 0.15) is 6.07 Å². The molecule has 0 radical (unpaired) electrons. The van der Waals surface area contributed by atoms with Crippen molar-refractivity contribution in [3.8, 4) is 6.07 Å². The number of nitriles is 1. The lowest BCUT2D eigenvalue weighted by Gasteiger charge is -2.16. The maximum Gasteiger partial charge on any atom is 0.103 e. The lowest BCUT2D eigenvalue weighted by atomic mass is 10.0. The Kier molecular flexibility index (Phi) is 4.93. The van der Waals surface area contributed by atoms with Crippen LogP contribution in [0.3, 0.4) is 0 Å². The van der Waals surface area contributed by atoms with Gasteiger partial charge in [0.25, 0.3) is 0 Å². The smallest absolute Gasteiger partial charge is 0.103 e. The fourth-order valence-corrected chi connectivity index (χ4v) is 3.32. The van der Waals surface area contributed by atoms with Gasteiger partial charge in [-0.2, -0.15) is 5.26 Å². The molecule has 2 nitrogen and oxygen atoms in total. The van der Waals surface area contributed by atoms with Crippen LogP contribution in [0.1, 0.15) is 29.2 Å². The van der Waals surface area contributed by atoms with E-state index >= 15 is 0 Å². The minimum Gasteiger partial charge on any atom is -0.354 e. The van der Waals surface area contributed by atoms with Gasteiger partial charge >= 0.3 is 0 Å². The minimum absolute atomic E-state index is 0.726. The molecule has 0 aromatic heterocycles. The lowest BCUT2D eigenvalue weighted by Crippen LogP contribution is -2.00. The average Bonchev–Trinajstić information content (AvgIpc) is 2.43. The number of nitrogens with zero attached hydrogens (tertiary/aromatic N) is 1. The molecule has 0 aliphatic carbocycles. The van der Waals surface area contributed by atoms with E-state index in [-0.39, 0.29) is 0 Å². The number of rotatable bonds is 4. The first-order valence-corrected chi connectivity index (χ1v) is 8.06. The molecule has 0 amide bonds. The van der Waals surface area contributed by atoms with Gasteiger partial charge in [-0.3, -0.25) is 0 Å². The van der Waals surface area contributed by atoms with E-state index in [1.807, 2.05) is 18.2 Å². The Balaban J connectivity index is 2.46. The summed E-state index contributed by atoms with van der Waals surface area (Å²) in [5, 5.41) is 12.9. The van der Waals surface area contributed by atoms with Crippen LogP contribution in [0.4, 0.5) is 11.4 Å². The topological polar surface area (TPSA) is 35.8 Å². The predicted molar refractivity (Wildman–Crippen MR) is 91.5 cm³/mol. The van der Waals surface area contributed by atoms with Crippen molar-refractivity contribution < 1.29 is 0 Å². The molecular weight excluding hydrogens is 276 g/mol. The molecule has 108 valence electrons. The lowest BCUT2D eigenvalue weighted by molar-refractivity contribution is 1.29. The van der Waals surface area contributed by atoms with E-state index in [1.54, 1.807) is 11.8 Å². The maximum absolute atomic E-state index is 9.48. The molecule has 0 atom stereocenters. The fraction of sp³-hybridized carbons (Fsp3) is 0.278. The third kappa shape index (κ3) is 3.40. The summed E-state index contributed by atoms with van der Waals surface area (Å²) in [6.45, 7) is 8.39. The van der Waals surface area contributed by atoms with Crippen LogP contribution in [-0.2, 0) is 0 Å². The van der Waals surface area contributed by atoms with Crippen LogP contribution in [-0.4, -0.2) is 5.75 Å². The van der Waals surface area contributed by atoms with Gasteiger partial charge in [0.2, 0.25) is 0 Å². The summed E-state index contributed by atoms with van der Waals surface area (Å²) >= 11 is 1.70. The first kappa shape index (κ1) is 15.5. The molecule has 0 unspecified atom stereocenters. The van der Waals surface area contributed by atoms with E-state index in [4.69, 9.17) is 0 Å². The summed E-state index contributed by atoms with van der Waals surface area (Å²) < 4.78 is 0. The number of nitrogens with one attached hydrogen (secondary N) is 1. The maximum atomic E-state index is 9.48. The van der Waals surface area contributed by atoms with Crippen molar-refractivity contribution in [2.75, 3.05) is 11.1 Å². The van der Waals surface area contributed by atoms with E-state index in [2.05, 4.69) is 51.2 Å². The highest BCUT2D eigenvalue weighted by molar-refractivity contribution is 7.99. The largest absolute Gasteiger partial charge is 0.354 e. The van der Waals surface area contributed by atoms with Gasteiger partial charge in [-0.05, 0) is 49.8 Å². The number of thioether (sulfide) groups is 1. The molecule has 2 aromatic rings. The zero-order chi connectivity index (χ0) is 15.4. The van der Waals surface area contributed by atoms with Crippen molar-refractivity contribution in [1.29, 1.82) is 5.26 Å². The minimum atomic E-state index is 0.726. The van der Waals surface area contributed by atoms with Crippen LogP contribution in [0.25, 0.3) is 0 Å². The molecule has 0 bridgehead atoms. The number of benzene rings is 2. The number of hydrogen-bond donors (Lipinski definition) is 1. The van der Waals surface area contributed by atoms with Crippen LogP contribution >= 0.6 is 11.8 Å². The van der Waals surface area contributed by atoms with Crippen LogP contribution in [0.5, 0.6) is 0 Å². The summed E-state index contributed by atoms with van der Waals surface area (Å²) in [5.74, 6) is 0.959. The molecule has 0 aliphatic rings. The first-order chi connectivity index (χ1) is 10.1. The van der Waals surface area contributed by atoms with E-state index in [0.717, 1.165) is 27.6 Å². The van der Waals surface area contributed by atoms with Crippen molar-refractivity contribution in [3.63, 3.8) is 0 Å². The zero-order valence-electron chi connectivity index (χ0n) is 12.9. The second-order valence-corrected chi connectivity index (χ2v) is 6.43. The normalized spacial score (nSPS) is 10.2. The van der Waals surface area contributed by atoms with E-state index < -0.39 is 0 Å². The van der Waals surface area contributed by atoms with Crippen LogP contribution in [0.2, 0.25) is 0 Å². The molecule has 0 saturated carbocycles. The molecule has 2 rings (SSSR count). The molecule has 0 spiro atoms. The third-order valence-corrected chi connectivity index (χ3v) is 4.31. The fourth-order valence-electron chi connectivity index (χ4n) is 2.54. The third-order valence-electron chi connectivity index (χ3n) is 3.37. The standard InChI is InChI=1S/C18H20N2S/c1-5-21-17-8-6-7-16(15(17)11-19)20-18-13(3)9-12(2)10-14(18)4/h6-10,20H,5H2,1-4H3. The van der Waals surface area contributed by atoms with Crippen molar-refractivity contribution in [3.05, 3.63) is 52.6 Å². The highest BCUT2D eigenvalue weighted by Crippen LogP contribution is 2.32. The van der Waals surface area contributed by atoms with E-state index in [9.17, 15) is 5.26 Å². The summed E-state index contributed by atoms with van der Waals surface area (Å²) in [5.41, 5.74) is 6.35. The van der Waals surface area contributed by atoms with Gasteiger partial charge in [0, 0.05) is 10.6 Å². The molecule has 1 N–H and O–H groups in total. The van der Waals surface area contributed by atoms with Gasteiger partial charge in [0.05, 0.1) is 11.3 Å². The van der Waals surface area contributed by atoms with Crippen molar-refractivity contribution in [1.82, 2.24) is 0 Å². The van der Waals surface area contributed by atoms with Crippen LogP contribution in [0.15, 0.2) is 35.2 Å². The Bertz CT molecular complexity index is 676. The van der Waals surface area contributed by atoms with Crippen LogP contribution < -0.4 is 5.32 Å². The summed E-state index contributed by atoms with van der Waals surface area (Å²) in [7, 11) is 0. The Morgan fingerprint density at radius 3 is 2.38 bits per heavy atom. The molecular formula is C18H20N2S. The van der Waals surface area contributed by atoms with Gasteiger partial charge in [-0.25, -0.2) is 0 Å². The van der Waals surface area contributed by atoms with Gasteiger partial charge in [-0.1, -0.05) is 30.7 Å². The Hall–Kier alpha value is -1.92. The molecule has 2 aromatic carbocycles. The first-order valence-electron chi connectivity index (χ1n) is 7.07. The average molecular weight is 296 g/mol. The highest BCUT2D eigenvalue weighted by atomic mass is 32.2. The molecule has 21 heavy (non-hydrogen) atoms. The van der Waals surface area contributed by atoms with Gasteiger partial charge < -0.3 is 5.32 Å². The number of aryl methyl sites for hydroxylation is 3. The zero-order valence-corrected chi connectivity index (χ0v) is 13.8. The Morgan fingerprint density at radius 1 is 1.14 bits per heavy atom. The second-order valence-electron chi connectivity index (χ2n) is 5.12. The van der Waals surface area contributed by atoms with Crippen molar-refractivity contribution in [2.45, 2.75) is 32.6 Å². The number of anilines is 2. The monoisotopic (exact) mass is 296 g/mol. The predicted octanol–water partition coefficient (Wildman–Crippen LogP) is 5.34. The second kappa shape index (κ2) is 6.69. The molecule has 3 heteroatoms. The Labute approximate surface area is 131 Å². The summed E-state index contributed by atoms with van der Waals surface area (Å²) in [6.07, 6.45) is 0. The number of hydrogen-bond acceptors (Lipinski definition) is 3. The summed E-state index contributed by atoms with van der Waals surface area (Å²) in [6, 6.07) is 12.6. The summed E-state index contributed by atoms with van der Waals surface area (Å²) in [4.78, 5) is 1.03. The molecule has 0 saturated heterocycles. The van der Waals surface area contributed by atoms with Crippen molar-refractivity contribution >= 4 is 23.1 Å². The van der Waals surface area contributed by atoms with Gasteiger partial charge in [-0.15, -0.1) is 11.8 Å². The van der Waals surface area contributed by atoms with Crippen LogP contribution in [0, 0.1) is 32.1 Å². The SMILES string of the molecule is CCSc1cccc(Nc2c(C)cc(C)cc2C)c1C#N. The highest BCUT2D eigenvalue weighted by Gasteiger charge is 2.10. The van der Waals surface area contributed by atoms with E-state index in [1.165, 1.54) is 16.7 Å². The molecule has 0 fully saturated rings. The molecule has 0 heterocycles. The van der Waals surface area contributed by atoms with E-state index in [0.29, 0.717) is 0 Å². The molecule has 0 aliphatic heterocycles. The quantitative estimate of drug-likeness (QED) is 0.774. The van der Waals surface area contributed by atoms with Crippen molar-refractivity contribution in [2.24, 2.45) is 0 Å². The Morgan fingerprint density at radius 2 is 1.81 bits per heavy atom.